The summed E-state index contributed by atoms with van der Waals surface area (Å²) in [5.74, 6) is 0. The van der Waals surface area contributed by atoms with E-state index in [-0.39, 0.29) is 6.10 Å². The van der Waals surface area contributed by atoms with Gasteiger partial charge in [-0.05, 0) is 58.7 Å². The number of allylic oxidation sites excluding steroid dienone is 1. The van der Waals surface area contributed by atoms with E-state index in [1.165, 1.54) is 18.4 Å². The molecule has 0 spiro atoms. The van der Waals surface area contributed by atoms with E-state index in [0.717, 1.165) is 31.6 Å². The molecular formula is C20H32N2O. The molecule has 1 aromatic rings. The van der Waals surface area contributed by atoms with Gasteiger partial charge >= 0.3 is 0 Å². The monoisotopic (exact) mass is 316 g/mol. The lowest BCUT2D eigenvalue weighted by molar-refractivity contribution is 0.144. The summed E-state index contributed by atoms with van der Waals surface area (Å²) in [6.07, 6.45) is 5.09. The topological polar surface area (TPSA) is 35.5 Å². The van der Waals surface area contributed by atoms with E-state index in [0.29, 0.717) is 12.1 Å². The van der Waals surface area contributed by atoms with Gasteiger partial charge in [0.2, 0.25) is 0 Å². The van der Waals surface area contributed by atoms with Crippen LogP contribution in [0.4, 0.5) is 0 Å². The molecule has 1 fully saturated rings. The fraction of sp³-hybridized carbons (Fsp3) is 0.600. The first-order valence-electron chi connectivity index (χ1n) is 8.89. The van der Waals surface area contributed by atoms with Gasteiger partial charge in [0.1, 0.15) is 0 Å². The van der Waals surface area contributed by atoms with Crippen LogP contribution in [0.2, 0.25) is 0 Å². The summed E-state index contributed by atoms with van der Waals surface area (Å²) in [6, 6.07) is 10.9. The van der Waals surface area contributed by atoms with Crippen molar-refractivity contribution in [1.29, 1.82) is 0 Å². The molecule has 3 nitrogen and oxygen atoms in total. The number of likely N-dealkylation sites (tertiary alicyclic amines) is 1. The third kappa shape index (κ3) is 6.46. The minimum atomic E-state index is -0.378. The molecule has 23 heavy (non-hydrogen) atoms. The summed E-state index contributed by atoms with van der Waals surface area (Å²) in [4.78, 5) is 2.52. The molecule has 1 aromatic carbocycles. The van der Waals surface area contributed by atoms with E-state index in [2.05, 4.69) is 37.1 Å². The Labute approximate surface area is 141 Å². The first-order chi connectivity index (χ1) is 11.0. The molecule has 0 aromatic heterocycles. The van der Waals surface area contributed by atoms with E-state index < -0.39 is 0 Å². The zero-order chi connectivity index (χ0) is 16.7. The predicted molar refractivity (Wildman–Crippen MR) is 97.5 cm³/mol. The molecule has 2 atom stereocenters. The molecule has 0 bridgehead atoms. The van der Waals surface area contributed by atoms with Crippen molar-refractivity contribution >= 4 is 0 Å². The molecule has 1 aliphatic heterocycles. The Morgan fingerprint density at radius 2 is 1.91 bits per heavy atom. The smallest absolute Gasteiger partial charge is 0.0804 e. The van der Waals surface area contributed by atoms with Crippen molar-refractivity contribution in [2.75, 3.05) is 19.6 Å². The van der Waals surface area contributed by atoms with E-state index in [1.54, 1.807) is 0 Å². The van der Waals surface area contributed by atoms with E-state index in [4.69, 9.17) is 0 Å². The maximum absolute atomic E-state index is 10.3. The SMILES string of the molecule is CC(C)=CCN1CCC(NC(C)CC(O)c2ccccc2)CC1. The normalized spacial score (nSPS) is 19.3. The van der Waals surface area contributed by atoms with Crippen LogP contribution < -0.4 is 5.32 Å². The molecule has 0 radical (unpaired) electrons. The van der Waals surface area contributed by atoms with Crippen LogP contribution >= 0.6 is 0 Å². The molecule has 1 aliphatic rings. The van der Waals surface area contributed by atoms with Crippen molar-refractivity contribution in [3.63, 3.8) is 0 Å². The van der Waals surface area contributed by atoms with Gasteiger partial charge in [-0.15, -0.1) is 0 Å². The lowest BCUT2D eigenvalue weighted by Gasteiger charge is -2.33. The molecule has 128 valence electrons. The van der Waals surface area contributed by atoms with E-state index in [9.17, 15) is 5.11 Å². The number of benzene rings is 1. The van der Waals surface area contributed by atoms with Gasteiger partial charge in [-0.3, -0.25) is 4.90 Å². The lowest BCUT2D eigenvalue weighted by atomic mass is 10.00. The van der Waals surface area contributed by atoms with Gasteiger partial charge in [-0.2, -0.15) is 0 Å². The van der Waals surface area contributed by atoms with Gasteiger partial charge < -0.3 is 10.4 Å². The highest BCUT2D eigenvalue weighted by molar-refractivity contribution is 5.17. The van der Waals surface area contributed by atoms with Crippen LogP contribution in [0.5, 0.6) is 0 Å². The summed E-state index contributed by atoms with van der Waals surface area (Å²) < 4.78 is 0. The largest absolute Gasteiger partial charge is 0.388 e. The third-order valence-electron chi connectivity index (χ3n) is 4.63. The van der Waals surface area contributed by atoms with Crippen molar-refractivity contribution < 1.29 is 5.11 Å². The summed E-state index contributed by atoms with van der Waals surface area (Å²) in [7, 11) is 0. The third-order valence-corrected chi connectivity index (χ3v) is 4.63. The first-order valence-corrected chi connectivity index (χ1v) is 8.89. The summed E-state index contributed by atoms with van der Waals surface area (Å²) in [5.41, 5.74) is 2.41. The van der Waals surface area contributed by atoms with Crippen molar-refractivity contribution in [1.82, 2.24) is 10.2 Å². The molecule has 0 saturated carbocycles. The molecule has 3 heteroatoms. The summed E-state index contributed by atoms with van der Waals surface area (Å²) in [6.45, 7) is 9.91. The molecule has 2 unspecified atom stereocenters. The van der Waals surface area contributed by atoms with Gasteiger partial charge in [0.15, 0.2) is 0 Å². The average Bonchev–Trinajstić information content (AvgIpc) is 2.55. The number of hydrogen-bond acceptors (Lipinski definition) is 3. The number of hydrogen-bond donors (Lipinski definition) is 2. The molecular weight excluding hydrogens is 284 g/mol. The van der Waals surface area contributed by atoms with Gasteiger partial charge in [-0.25, -0.2) is 0 Å². The standard InChI is InChI=1S/C20H32N2O/c1-16(2)9-12-22-13-10-19(11-14-22)21-17(3)15-20(23)18-7-5-4-6-8-18/h4-9,17,19-21,23H,10-15H2,1-3H3. The highest BCUT2D eigenvalue weighted by Crippen LogP contribution is 2.19. The molecule has 0 aliphatic carbocycles. The maximum Gasteiger partial charge on any atom is 0.0804 e. The van der Waals surface area contributed by atoms with Crippen molar-refractivity contribution in [3.05, 3.63) is 47.5 Å². The summed E-state index contributed by atoms with van der Waals surface area (Å²) in [5, 5.41) is 14.0. The second-order valence-electron chi connectivity index (χ2n) is 7.09. The fourth-order valence-corrected chi connectivity index (χ4v) is 3.21. The van der Waals surface area contributed by atoms with Crippen LogP contribution in [0.3, 0.4) is 0 Å². The quantitative estimate of drug-likeness (QED) is 0.756. The predicted octanol–water partition coefficient (Wildman–Crippen LogP) is 3.52. The highest BCUT2D eigenvalue weighted by atomic mass is 16.3. The Morgan fingerprint density at radius 1 is 1.26 bits per heavy atom. The van der Waals surface area contributed by atoms with Gasteiger partial charge in [0.25, 0.3) is 0 Å². The Bertz CT molecular complexity index is 474. The highest BCUT2D eigenvalue weighted by Gasteiger charge is 2.21. The number of rotatable bonds is 7. The van der Waals surface area contributed by atoms with Crippen LogP contribution in [0.1, 0.15) is 51.7 Å². The number of nitrogens with one attached hydrogen (secondary N) is 1. The van der Waals surface area contributed by atoms with Gasteiger partial charge in [-0.1, -0.05) is 42.0 Å². The zero-order valence-corrected chi connectivity index (χ0v) is 14.8. The number of aliphatic hydroxyl groups is 1. The average molecular weight is 316 g/mol. The molecule has 2 N–H and O–H groups in total. The van der Waals surface area contributed by atoms with E-state index >= 15 is 0 Å². The van der Waals surface area contributed by atoms with Crippen LogP contribution in [0.15, 0.2) is 42.0 Å². The number of nitrogens with zero attached hydrogens (tertiary/aromatic N) is 1. The number of piperidine rings is 1. The lowest BCUT2D eigenvalue weighted by Crippen LogP contribution is -2.45. The van der Waals surface area contributed by atoms with Crippen molar-refractivity contribution in [2.24, 2.45) is 0 Å². The molecule has 1 heterocycles. The molecule has 0 amide bonds. The van der Waals surface area contributed by atoms with Crippen LogP contribution in [0.25, 0.3) is 0 Å². The molecule has 2 rings (SSSR count). The molecule has 1 saturated heterocycles. The first kappa shape index (κ1) is 18.2. The minimum Gasteiger partial charge on any atom is -0.388 e. The van der Waals surface area contributed by atoms with Crippen LogP contribution in [0, 0.1) is 0 Å². The van der Waals surface area contributed by atoms with Crippen molar-refractivity contribution in [3.8, 4) is 0 Å². The Hall–Kier alpha value is -1.16. The van der Waals surface area contributed by atoms with E-state index in [1.807, 2.05) is 30.3 Å². The van der Waals surface area contributed by atoms with Gasteiger partial charge in [0.05, 0.1) is 6.10 Å². The summed E-state index contributed by atoms with van der Waals surface area (Å²) >= 11 is 0. The Morgan fingerprint density at radius 3 is 2.52 bits per heavy atom. The second-order valence-corrected chi connectivity index (χ2v) is 7.09. The maximum atomic E-state index is 10.3. The fourth-order valence-electron chi connectivity index (χ4n) is 3.21. The number of aliphatic hydroxyl groups excluding tert-OH is 1. The Kier molecular flexibility index (Phi) is 7.28. The van der Waals surface area contributed by atoms with Gasteiger partial charge in [0, 0.05) is 18.6 Å². The minimum absolute atomic E-state index is 0.333. The Balaban J connectivity index is 1.70. The second kappa shape index (κ2) is 9.21. The van der Waals surface area contributed by atoms with Crippen LogP contribution in [-0.2, 0) is 0 Å². The zero-order valence-electron chi connectivity index (χ0n) is 14.8. The van der Waals surface area contributed by atoms with Crippen LogP contribution in [-0.4, -0.2) is 41.7 Å². The van der Waals surface area contributed by atoms with Crippen molar-refractivity contribution in [2.45, 2.75) is 58.2 Å².